The van der Waals surface area contributed by atoms with Crippen molar-refractivity contribution in [1.29, 1.82) is 0 Å². The number of aliphatic hydroxyl groups is 1. The molecule has 0 saturated carbocycles. The minimum atomic E-state index is -1.03. The van der Waals surface area contributed by atoms with Crippen LogP contribution in [0.25, 0.3) is 0 Å². The maximum Gasteiger partial charge on any atom is 0.261 e. The Hall–Kier alpha value is -1.69. The Bertz CT molecular complexity index is 480. The molecule has 4 nitrogen and oxygen atoms in total. The van der Waals surface area contributed by atoms with Crippen LogP contribution in [0.5, 0.6) is 5.75 Å². The van der Waals surface area contributed by atoms with Crippen molar-refractivity contribution in [2.75, 3.05) is 6.61 Å². The first-order chi connectivity index (χ1) is 9.85. The fraction of sp³-hybridized carbons (Fsp3) is 0.533. The number of carbonyl (C=O) groups is 1. The van der Waals surface area contributed by atoms with Gasteiger partial charge in [-0.3, -0.25) is 4.79 Å². The zero-order valence-corrected chi connectivity index (χ0v) is 12.4. The van der Waals surface area contributed by atoms with Crippen molar-refractivity contribution < 1.29 is 23.4 Å². The van der Waals surface area contributed by atoms with Crippen LogP contribution in [-0.4, -0.2) is 29.8 Å². The van der Waals surface area contributed by atoms with Crippen molar-refractivity contribution in [1.82, 2.24) is 5.32 Å². The van der Waals surface area contributed by atoms with Gasteiger partial charge in [0.05, 0.1) is 0 Å². The maximum absolute atomic E-state index is 13.1. The van der Waals surface area contributed by atoms with Gasteiger partial charge >= 0.3 is 0 Å². The largest absolute Gasteiger partial charge is 0.481 e. The molecule has 0 bridgehead atoms. The van der Waals surface area contributed by atoms with Crippen molar-refractivity contribution in [3.8, 4) is 5.75 Å². The smallest absolute Gasteiger partial charge is 0.261 e. The van der Waals surface area contributed by atoms with Crippen LogP contribution in [0, 0.1) is 17.6 Å². The highest BCUT2D eigenvalue weighted by atomic mass is 19.2. The fourth-order valence-corrected chi connectivity index (χ4v) is 1.82. The van der Waals surface area contributed by atoms with Crippen molar-refractivity contribution in [3.63, 3.8) is 0 Å². The minimum Gasteiger partial charge on any atom is -0.481 e. The second kappa shape index (κ2) is 7.93. The number of halogens is 2. The molecular weight excluding hydrogens is 280 g/mol. The standard InChI is InChI=1S/C15H21F2NO3/c1-9(2)14(6-7-19)18-15(20)10(3)21-11-4-5-12(16)13(17)8-11/h4-5,8-10,14,19H,6-7H2,1-3H3,(H,18,20). The lowest BCUT2D eigenvalue weighted by Crippen LogP contribution is -2.45. The summed E-state index contributed by atoms with van der Waals surface area (Å²) in [6.07, 6.45) is -0.406. The van der Waals surface area contributed by atoms with Crippen LogP contribution in [-0.2, 0) is 4.79 Å². The number of hydrogen-bond acceptors (Lipinski definition) is 3. The third kappa shape index (κ3) is 5.30. The molecular formula is C15H21F2NO3. The molecule has 0 aliphatic rings. The molecule has 0 heterocycles. The highest BCUT2D eigenvalue weighted by molar-refractivity contribution is 5.81. The van der Waals surface area contributed by atoms with E-state index in [4.69, 9.17) is 9.84 Å². The summed E-state index contributed by atoms with van der Waals surface area (Å²) in [6.45, 7) is 5.36. The number of rotatable bonds is 7. The number of hydrogen-bond donors (Lipinski definition) is 2. The highest BCUT2D eigenvalue weighted by Gasteiger charge is 2.21. The van der Waals surface area contributed by atoms with Crippen LogP contribution >= 0.6 is 0 Å². The molecule has 0 aliphatic carbocycles. The Kier molecular flexibility index (Phi) is 6.55. The first-order valence-corrected chi connectivity index (χ1v) is 6.88. The van der Waals surface area contributed by atoms with E-state index in [-0.39, 0.29) is 30.2 Å². The third-order valence-electron chi connectivity index (χ3n) is 3.15. The lowest BCUT2D eigenvalue weighted by Gasteiger charge is -2.24. The molecule has 0 saturated heterocycles. The molecule has 118 valence electrons. The van der Waals surface area contributed by atoms with Crippen LogP contribution in [0.3, 0.4) is 0 Å². The number of benzene rings is 1. The van der Waals surface area contributed by atoms with Crippen molar-refractivity contribution in [2.24, 2.45) is 5.92 Å². The quantitative estimate of drug-likeness (QED) is 0.812. The fourth-order valence-electron chi connectivity index (χ4n) is 1.82. The van der Waals surface area contributed by atoms with Gasteiger partial charge in [-0.25, -0.2) is 8.78 Å². The molecule has 0 aromatic heterocycles. The Balaban J connectivity index is 2.63. The molecule has 21 heavy (non-hydrogen) atoms. The van der Waals surface area contributed by atoms with E-state index in [1.807, 2.05) is 13.8 Å². The lowest BCUT2D eigenvalue weighted by atomic mass is 10.0. The monoisotopic (exact) mass is 301 g/mol. The molecule has 0 aliphatic heterocycles. The Morgan fingerprint density at radius 3 is 2.48 bits per heavy atom. The summed E-state index contributed by atoms with van der Waals surface area (Å²) in [5.74, 6) is -2.12. The summed E-state index contributed by atoms with van der Waals surface area (Å²) in [5, 5.41) is 11.7. The third-order valence-corrected chi connectivity index (χ3v) is 3.15. The van der Waals surface area contributed by atoms with E-state index in [2.05, 4.69) is 5.32 Å². The molecule has 1 aromatic rings. The number of amides is 1. The van der Waals surface area contributed by atoms with Crippen LogP contribution in [0.1, 0.15) is 27.2 Å². The van der Waals surface area contributed by atoms with Gasteiger partial charge in [-0.2, -0.15) is 0 Å². The summed E-state index contributed by atoms with van der Waals surface area (Å²) >= 11 is 0. The van der Waals surface area contributed by atoms with Crippen LogP contribution in [0.15, 0.2) is 18.2 Å². The first kappa shape index (κ1) is 17.4. The normalized spacial score (nSPS) is 13.9. The molecule has 2 atom stereocenters. The predicted molar refractivity (Wildman–Crippen MR) is 74.9 cm³/mol. The van der Waals surface area contributed by atoms with E-state index in [1.165, 1.54) is 13.0 Å². The minimum absolute atomic E-state index is 0.0263. The summed E-state index contributed by atoms with van der Waals surface area (Å²) in [4.78, 5) is 12.0. The molecule has 0 radical (unpaired) electrons. The lowest BCUT2D eigenvalue weighted by molar-refractivity contribution is -0.128. The molecule has 1 amide bonds. The van der Waals surface area contributed by atoms with E-state index in [9.17, 15) is 13.6 Å². The zero-order chi connectivity index (χ0) is 16.0. The molecule has 2 unspecified atom stereocenters. The van der Waals surface area contributed by atoms with Gasteiger partial charge in [-0.05, 0) is 31.4 Å². The Morgan fingerprint density at radius 2 is 1.95 bits per heavy atom. The summed E-state index contributed by atoms with van der Waals surface area (Å²) in [6, 6.07) is 2.93. The van der Waals surface area contributed by atoms with Gasteiger partial charge < -0.3 is 15.2 Å². The summed E-state index contributed by atoms with van der Waals surface area (Å²) < 4.78 is 31.2. The number of nitrogens with one attached hydrogen (secondary N) is 1. The van der Waals surface area contributed by atoms with Gasteiger partial charge in [0, 0.05) is 18.7 Å². The maximum atomic E-state index is 13.1. The van der Waals surface area contributed by atoms with Gasteiger partial charge in [0.25, 0.3) is 5.91 Å². The summed E-state index contributed by atoms with van der Waals surface area (Å²) in [7, 11) is 0. The molecule has 1 aromatic carbocycles. The highest BCUT2D eigenvalue weighted by Crippen LogP contribution is 2.17. The van der Waals surface area contributed by atoms with Crippen LogP contribution < -0.4 is 10.1 Å². The van der Waals surface area contributed by atoms with Crippen molar-refractivity contribution >= 4 is 5.91 Å². The van der Waals surface area contributed by atoms with Crippen LogP contribution in [0.2, 0.25) is 0 Å². The van der Waals surface area contributed by atoms with Crippen molar-refractivity contribution in [3.05, 3.63) is 29.8 Å². The van der Waals surface area contributed by atoms with Gasteiger partial charge in [0.15, 0.2) is 17.7 Å². The number of carbonyl (C=O) groups excluding carboxylic acids is 1. The van der Waals surface area contributed by atoms with E-state index >= 15 is 0 Å². The average molecular weight is 301 g/mol. The predicted octanol–water partition coefficient (Wildman–Crippen LogP) is 2.26. The van der Waals surface area contributed by atoms with E-state index in [0.29, 0.717) is 6.42 Å². The Labute approximate surface area is 123 Å². The summed E-state index contributed by atoms with van der Waals surface area (Å²) in [5.41, 5.74) is 0. The first-order valence-electron chi connectivity index (χ1n) is 6.88. The molecule has 1 rings (SSSR count). The number of ether oxygens (including phenoxy) is 1. The molecule has 0 spiro atoms. The molecule has 0 fully saturated rings. The Morgan fingerprint density at radius 1 is 1.29 bits per heavy atom. The second-order valence-corrected chi connectivity index (χ2v) is 5.21. The molecule has 6 heteroatoms. The topological polar surface area (TPSA) is 58.6 Å². The van der Waals surface area contributed by atoms with E-state index in [0.717, 1.165) is 12.1 Å². The number of aliphatic hydroxyl groups excluding tert-OH is 1. The van der Waals surface area contributed by atoms with Crippen molar-refractivity contribution in [2.45, 2.75) is 39.3 Å². The van der Waals surface area contributed by atoms with Gasteiger partial charge in [-0.15, -0.1) is 0 Å². The van der Waals surface area contributed by atoms with Gasteiger partial charge in [-0.1, -0.05) is 13.8 Å². The van der Waals surface area contributed by atoms with E-state index in [1.54, 1.807) is 0 Å². The van der Waals surface area contributed by atoms with Gasteiger partial charge in [0.1, 0.15) is 5.75 Å². The second-order valence-electron chi connectivity index (χ2n) is 5.21. The van der Waals surface area contributed by atoms with E-state index < -0.39 is 17.7 Å². The average Bonchev–Trinajstić information content (AvgIpc) is 2.42. The van der Waals surface area contributed by atoms with Gasteiger partial charge in [0.2, 0.25) is 0 Å². The SMILES string of the molecule is CC(Oc1ccc(F)c(F)c1)C(=O)NC(CCO)C(C)C. The van der Waals surface area contributed by atoms with Crippen LogP contribution in [0.4, 0.5) is 8.78 Å². The zero-order valence-electron chi connectivity index (χ0n) is 12.4. The molecule has 2 N–H and O–H groups in total.